The number of halogens is 1. The van der Waals surface area contributed by atoms with Gasteiger partial charge in [0.1, 0.15) is 12.4 Å². The van der Waals surface area contributed by atoms with E-state index in [4.69, 9.17) is 21.1 Å². The largest absolute Gasteiger partial charge is 0.446 e. The number of aliphatic hydroxyl groups excluding tert-OH is 1. The van der Waals surface area contributed by atoms with Crippen molar-refractivity contribution in [2.45, 2.75) is 11.7 Å². The highest BCUT2D eigenvalue weighted by atomic mass is 35.5. The zero-order valence-corrected chi connectivity index (χ0v) is 9.31. The number of hydrogen-bond acceptors (Lipinski definition) is 4. The zero-order valence-electron chi connectivity index (χ0n) is 7.73. The van der Waals surface area contributed by atoms with Gasteiger partial charge in [-0.2, -0.15) is 0 Å². The molecule has 0 aromatic carbocycles. The second-order valence-corrected chi connectivity index (χ2v) is 4.95. The van der Waals surface area contributed by atoms with E-state index in [2.05, 4.69) is 11.3 Å². The van der Waals surface area contributed by atoms with Crippen molar-refractivity contribution in [3.8, 4) is 0 Å². The van der Waals surface area contributed by atoms with Crippen molar-refractivity contribution in [3.63, 3.8) is 0 Å². The summed E-state index contributed by atoms with van der Waals surface area (Å²) in [6.07, 6.45) is 0. The molecule has 0 atom stereocenters. The lowest BCUT2D eigenvalue weighted by atomic mass is 10.5. The maximum atomic E-state index is 11.5. The van der Waals surface area contributed by atoms with E-state index in [9.17, 15) is 8.42 Å². The fourth-order valence-electron chi connectivity index (χ4n) is 0.832. The number of aliphatic hydroxyl groups is 1. The number of sulfonamides is 1. The first-order chi connectivity index (χ1) is 6.95. The van der Waals surface area contributed by atoms with Gasteiger partial charge in [0.05, 0.1) is 0 Å². The Hall–Kier alpha value is -0.820. The Morgan fingerprint density at radius 2 is 2.27 bits per heavy atom. The van der Waals surface area contributed by atoms with Crippen LogP contribution in [0.5, 0.6) is 0 Å². The van der Waals surface area contributed by atoms with Crippen LogP contribution in [-0.4, -0.2) is 20.1 Å². The molecule has 15 heavy (non-hydrogen) atoms. The molecule has 0 saturated carbocycles. The van der Waals surface area contributed by atoms with Gasteiger partial charge < -0.3 is 9.52 Å². The van der Waals surface area contributed by atoms with E-state index in [1.165, 1.54) is 12.1 Å². The van der Waals surface area contributed by atoms with Crippen LogP contribution < -0.4 is 4.72 Å². The Bertz CT molecular complexity index is 451. The fourth-order valence-corrected chi connectivity index (χ4v) is 1.95. The van der Waals surface area contributed by atoms with E-state index in [-0.39, 0.29) is 29.0 Å². The Morgan fingerprint density at radius 3 is 2.73 bits per heavy atom. The third-order valence-electron chi connectivity index (χ3n) is 1.51. The summed E-state index contributed by atoms with van der Waals surface area (Å²) in [5.41, 5.74) is 0. The molecular weight excluding hydrogens is 242 g/mol. The minimum absolute atomic E-state index is 0.0704. The predicted octanol–water partition coefficient (Wildman–Crippen LogP) is 0.803. The van der Waals surface area contributed by atoms with Crippen LogP contribution in [0.1, 0.15) is 5.76 Å². The monoisotopic (exact) mass is 251 g/mol. The van der Waals surface area contributed by atoms with Crippen molar-refractivity contribution in [1.29, 1.82) is 0 Å². The lowest BCUT2D eigenvalue weighted by Crippen LogP contribution is -2.24. The molecule has 0 aliphatic heterocycles. The van der Waals surface area contributed by atoms with Gasteiger partial charge in [-0.3, -0.25) is 0 Å². The van der Waals surface area contributed by atoms with Gasteiger partial charge in [-0.1, -0.05) is 18.2 Å². The molecule has 84 valence electrons. The summed E-state index contributed by atoms with van der Waals surface area (Å²) in [6.45, 7) is 2.92. The molecule has 0 spiro atoms. The van der Waals surface area contributed by atoms with Crippen LogP contribution in [0.25, 0.3) is 0 Å². The van der Waals surface area contributed by atoms with Crippen LogP contribution in [0, 0.1) is 0 Å². The van der Waals surface area contributed by atoms with Crippen LogP contribution in [0.2, 0.25) is 0 Å². The number of nitrogens with one attached hydrogen (secondary N) is 1. The summed E-state index contributed by atoms with van der Waals surface area (Å²) in [7, 11) is -3.72. The third-order valence-corrected chi connectivity index (χ3v) is 2.92. The highest BCUT2D eigenvalue weighted by molar-refractivity contribution is 7.89. The minimum atomic E-state index is -3.72. The standard InChI is InChI=1S/C8H10ClNO4S/c1-6(9)4-10-15(12,13)8-3-2-7(5-11)14-8/h2-3,10-11H,1,4-5H2. The zero-order chi connectivity index (χ0) is 11.5. The lowest BCUT2D eigenvalue weighted by Gasteiger charge is -2.01. The lowest BCUT2D eigenvalue weighted by molar-refractivity contribution is 0.236. The van der Waals surface area contributed by atoms with Crippen LogP contribution in [0.3, 0.4) is 0 Å². The maximum Gasteiger partial charge on any atom is 0.274 e. The van der Waals surface area contributed by atoms with Crippen molar-refractivity contribution < 1.29 is 17.9 Å². The Balaban J connectivity index is 2.81. The molecule has 0 aliphatic carbocycles. The SMILES string of the molecule is C=C(Cl)CNS(=O)(=O)c1ccc(CO)o1. The average molecular weight is 252 g/mol. The highest BCUT2D eigenvalue weighted by Crippen LogP contribution is 2.13. The van der Waals surface area contributed by atoms with Gasteiger partial charge in [0.25, 0.3) is 10.0 Å². The van der Waals surface area contributed by atoms with Gasteiger partial charge in [0, 0.05) is 11.6 Å². The molecule has 1 rings (SSSR count). The van der Waals surface area contributed by atoms with Crippen molar-refractivity contribution >= 4 is 21.6 Å². The highest BCUT2D eigenvalue weighted by Gasteiger charge is 2.18. The maximum absolute atomic E-state index is 11.5. The Morgan fingerprint density at radius 1 is 1.60 bits per heavy atom. The normalized spacial score (nSPS) is 11.6. The van der Waals surface area contributed by atoms with Crippen molar-refractivity contribution in [3.05, 3.63) is 29.5 Å². The summed E-state index contributed by atoms with van der Waals surface area (Å²) in [5, 5.41) is 8.60. The average Bonchev–Trinajstić information content (AvgIpc) is 2.63. The topological polar surface area (TPSA) is 79.5 Å². The number of furan rings is 1. The Kier molecular flexibility index (Phi) is 3.92. The second-order valence-electron chi connectivity index (χ2n) is 2.72. The summed E-state index contributed by atoms with van der Waals surface area (Å²) in [6, 6.07) is 2.63. The van der Waals surface area contributed by atoms with Gasteiger partial charge in [0.2, 0.25) is 5.09 Å². The summed E-state index contributed by atoms with van der Waals surface area (Å²) < 4.78 is 30.0. The van der Waals surface area contributed by atoms with Crippen molar-refractivity contribution in [2.24, 2.45) is 0 Å². The minimum Gasteiger partial charge on any atom is -0.446 e. The predicted molar refractivity (Wildman–Crippen MR) is 54.8 cm³/mol. The smallest absolute Gasteiger partial charge is 0.274 e. The number of hydrogen-bond donors (Lipinski definition) is 2. The van der Waals surface area contributed by atoms with Gasteiger partial charge in [-0.25, -0.2) is 13.1 Å². The quantitative estimate of drug-likeness (QED) is 0.811. The van der Waals surface area contributed by atoms with E-state index in [0.717, 1.165) is 0 Å². The van der Waals surface area contributed by atoms with Crippen molar-refractivity contribution in [2.75, 3.05) is 6.54 Å². The fraction of sp³-hybridized carbons (Fsp3) is 0.250. The molecule has 0 fully saturated rings. The molecule has 0 amide bonds. The first-order valence-corrected chi connectivity index (χ1v) is 5.84. The number of rotatable bonds is 5. The molecule has 1 heterocycles. The van der Waals surface area contributed by atoms with Crippen LogP contribution >= 0.6 is 11.6 Å². The van der Waals surface area contributed by atoms with Crippen LogP contribution in [0.4, 0.5) is 0 Å². The summed E-state index contributed by atoms with van der Waals surface area (Å²) in [5.74, 6) is 0.181. The van der Waals surface area contributed by atoms with Crippen LogP contribution in [0.15, 0.2) is 33.3 Å². The molecule has 5 nitrogen and oxygen atoms in total. The van der Waals surface area contributed by atoms with Gasteiger partial charge in [-0.15, -0.1) is 0 Å². The molecule has 2 N–H and O–H groups in total. The van der Waals surface area contributed by atoms with Gasteiger partial charge in [-0.05, 0) is 12.1 Å². The van der Waals surface area contributed by atoms with Crippen molar-refractivity contribution in [1.82, 2.24) is 4.72 Å². The van der Waals surface area contributed by atoms with Crippen LogP contribution in [-0.2, 0) is 16.6 Å². The third kappa shape index (κ3) is 3.35. The van der Waals surface area contributed by atoms with E-state index in [0.29, 0.717) is 0 Å². The summed E-state index contributed by atoms with van der Waals surface area (Å²) >= 11 is 5.41. The molecule has 7 heteroatoms. The van der Waals surface area contributed by atoms with Gasteiger partial charge >= 0.3 is 0 Å². The van der Waals surface area contributed by atoms with Gasteiger partial charge in [0.15, 0.2) is 0 Å². The Labute approximate surface area is 92.4 Å². The molecule has 0 radical (unpaired) electrons. The van der Waals surface area contributed by atoms with E-state index in [1.54, 1.807) is 0 Å². The van der Waals surface area contributed by atoms with E-state index < -0.39 is 10.0 Å². The van der Waals surface area contributed by atoms with E-state index in [1.807, 2.05) is 0 Å². The molecule has 1 aromatic rings. The first-order valence-electron chi connectivity index (χ1n) is 3.98. The molecule has 0 aliphatic rings. The van der Waals surface area contributed by atoms with E-state index >= 15 is 0 Å². The molecule has 0 saturated heterocycles. The molecule has 0 bridgehead atoms. The summed E-state index contributed by atoms with van der Waals surface area (Å²) in [4.78, 5) is 0. The molecule has 1 aromatic heterocycles. The first kappa shape index (κ1) is 12.3. The molecular formula is C8H10ClNO4S. The second kappa shape index (κ2) is 4.80. The molecule has 0 unspecified atom stereocenters.